The molecule has 2 aromatic carbocycles. The van der Waals surface area contributed by atoms with Gasteiger partial charge >= 0.3 is 6.18 Å². The summed E-state index contributed by atoms with van der Waals surface area (Å²) in [7, 11) is 0. The number of aryl methyl sites for hydroxylation is 2. The molecule has 2 N–H and O–H groups in total. The van der Waals surface area contributed by atoms with Crippen molar-refractivity contribution in [1.82, 2.24) is 20.4 Å². The van der Waals surface area contributed by atoms with Gasteiger partial charge in [-0.3, -0.25) is 14.4 Å². The van der Waals surface area contributed by atoms with Crippen molar-refractivity contribution in [3.05, 3.63) is 82.7 Å². The maximum absolute atomic E-state index is 13.5. The van der Waals surface area contributed by atoms with E-state index in [9.17, 15) is 27.6 Å². The number of amides is 2. The second kappa shape index (κ2) is 11.8. The number of ketones is 1. The maximum Gasteiger partial charge on any atom is 0.435 e. The number of carbonyl (C=O) groups is 3. The summed E-state index contributed by atoms with van der Waals surface area (Å²) in [4.78, 5) is 38.3. The van der Waals surface area contributed by atoms with Crippen LogP contribution in [-0.2, 0) is 11.0 Å². The molecule has 0 aliphatic heterocycles. The second-order valence-corrected chi connectivity index (χ2v) is 9.90. The molecule has 1 saturated carbocycles. The van der Waals surface area contributed by atoms with Crippen LogP contribution in [0, 0.1) is 25.7 Å². The Hall–Kier alpha value is -3.95. The van der Waals surface area contributed by atoms with Crippen LogP contribution in [0.15, 0.2) is 54.7 Å². The molecule has 1 aromatic heterocycles. The maximum atomic E-state index is 13.5. The lowest BCUT2D eigenvalue weighted by molar-refractivity contribution is -0.141. The van der Waals surface area contributed by atoms with Crippen molar-refractivity contribution in [3.63, 3.8) is 0 Å². The fourth-order valence-corrected chi connectivity index (χ4v) is 5.09. The highest BCUT2D eigenvalue weighted by Gasteiger charge is 2.39. The van der Waals surface area contributed by atoms with E-state index in [0.29, 0.717) is 31.4 Å². The van der Waals surface area contributed by atoms with Crippen LogP contribution >= 0.6 is 0 Å². The number of rotatable bonds is 8. The van der Waals surface area contributed by atoms with Crippen molar-refractivity contribution in [2.24, 2.45) is 11.8 Å². The molecule has 0 saturated heterocycles. The monoisotopic (exact) mass is 540 g/mol. The number of Topliss-reactive ketones (excluding diaryl/α,β-unsaturated/α-hetero) is 1. The minimum atomic E-state index is -4.81. The summed E-state index contributed by atoms with van der Waals surface area (Å²) in [6.45, 7) is 3.88. The number of aromatic nitrogens is 2. The zero-order chi connectivity index (χ0) is 28.2. The lowest BCUT2D eigenvalue weighted by atomic mass is 9.77. The van der Waals surface area contributed by atoms with Crippen LogP contribution in [-0.4, -0.2) is 40.5 Å². The predicted octanol–water partition coefficient (Wildman–Crippen LogP) is 5.04. The molecule has 4 rings (SSSR count). The normalized spacial score (nSPS) is 17.5. The van der Waals surface area contributed by atoms with Gasteiger partial charge in [-0.25, -0.2) is 4.68 Å². The molecule has 1 fully saturated rings. The minimum Gasteiger partial charge on any atom is -0.354 e. The molecule has 10 heteroatoms. The first-order valence-corrected chi connectivity index (χ1v) is 12.9. The molecule has 39 heavy (non-hydrogen) atoms. The first-order valence-electron chi connectivity index (χ1n) is 12.9. The van der Waals surface area contributed by atoms with Crippen molar-refractivity contribution in [1.29, 1.82) is 0 Å². The molecule has 0 spiro atoms. The van der Waals surface area contributed by atoms with Crippen molar-refractivity contribution >= 4 is 17.6 Å². The Bertz CT molecular complexity index is 1320. The summed E-state index contributed by atoms with van der Waals surface area (Å²) >= 11 is 0. The SMILES string of the molecule is Cc1cccc(C)c1C(=O)C1CCC(C(=O)NCCNC(=O)c2cn(-c3ccccc3)nc2C(F)(F)F)CC1. The molecule has 0 bridgehead atoms. The summed E-state index contributed by atoms with van der Waals surface area (Å²) in [6.07, 6.45) is -1.37. The van der Waals surface area contributed by atoms with E-state index < -0.39 is 23.3 Å². The molecule has 206 valence electrons. The fraction of sp³-hybridized carbons (Fsp3) is 0.379. The fourth-order valence-electron chi connectivity index (χ4n) is 5.09. The predicted molar refractivity (Wildman–Crippen MR) is 140 cm³/mol. The van der Waals surface area contributed by atoms with E-state index in [1.165, 1.54) is 0 Å². The topological polar surface area (TPSA) is 93.1 Å². The quantitative estimate of drug-likeness (QED) is 0.309. The van der Waals surface area contributed by atoms with Crippen molar-refractivity contribution in [2.45, 2.75) is 45.7 Å². The van der Waals surface area contributed by atoms with Gasteiger partial charge in [0, 0.05) is 36.7 Å². The summed E-state index contributed by atoms with van der Waals surface area (Å²) in [5.74, 6) is -1.35. The standard InChI is InChI=1S/C29H31F3N4O3/c1-18-7-6-8-19(2)24(18)25(37)20-11-13-21(14-12-20)27(38)33-15-16-34-28(39)23-17-36(22-9-4-3-5-10-22)35-26(23)29(30,31)32/h3-10,17,20-21H,11-16H2,1-2H3,(H,33,38)(H,34,39). The van der Waals surface area contributed by atoms with E-state index >= 15 is 0 Å². The average Bonchev–Trinajstić information content (AvgIpc) is 3.38. The number of nitrogens with one attached hydrogen (secondary N) is 2. The third kappa shape index (κ3) is 6.55. The molecule has 0 radical (unpaired) electrons. The zero-order valence-corrected chi connectivity index (χ0v) is 21.8. The Morgan fingerprint density at radius 1 is 0.872 bits per heavy atom. The van der Waals surface area contributed by atoms with Gasteiger partial charge in [-0.1, -0.05) is 36.4 Å². The summed E-state index contributed by atoms with van der Waals surface area (Å²) < 4.78 is 41.6. The molecule has 2 amide bonds. The van der Waals surface area contributed by atoms with Gasteiger partial charge in [-0.15, -0.1) is 0 Å². The number of alkyl halides is 3. The first-order chi connectivity index (χ1) is 18.6. The van der Waals surface area contributed by atoms with Gasteiger partial charge in [-0.05, 0) is 62.8 Å². The number of nitrogens with zero attached hydrogens (tertiary/aromatic N) is 2. The Morgan fingerprint density at radius 3 is 2.08 bits per heavy atom. The van der Waals surface area contributed by atoms with E-state index in [2.05, 4.69) is 15.7 Å². The molecule has 1 heterocycles. The number of halogens is 3. The summed E-state index contributed by atoms with van der Waals surface area (Å²) in [5, 5.41) is 8.76. The summed E-state index contributed by atoms with van der Waals surface area (Å²) in [6, 6.07) is 14.0. The highest BCUT2D eigenvalue weighted by Crippen LogP contribution is 2.33. The van der Waals surface area contributed by atoms with Crippen molar-refractivity contribution in [2.75, 3.05) is 13.1 Å². The number of hydrogen-bond donors (Lipinski definition) is 2. The molecule has 7 nitrogen and oxygen atoms in total. The van der Waals surface area contributed by atoms with Crippen LogP contribution in [0.2, 0.25) is 0 Å². The molecular weight excluding hydrogens is 509 g/mol. The zero-order valence-electron chi connectivity index (χ0n) is 21.8. The number of carbonyl (C=O) groups excluding carboxylic acids is 3. The Morgan fingerprint density at radius 2 is 1.46 bits per heavy atom. The van der Waals surface area contributed by atoms with Crippen LogP contribution in [0.3, 0.4) is 0 Å². The van der Waals surface area contributed by atoms with Crippen molar-refractivity contribution in [3.8, 4) is 5.69 Å². The van der Waals surface area contributed by atoms with Gasteiger partial charge in [0.25, 0.3) is 5.91 Å². The average molecular weight is 541 g/mol. The van der Waals surface area contributed by atoms with E-state index in [0.717, 1.165) is 27.6 Å². The first kappa shape index (κ1) is 28.1. The van der Waals surface area contributed by atoms with Crippen LogP contribution in [0.5, 0.6) is 0 Å². The molecule has 0 unspecified atom stereocenters. The number of para-hydroxylation sites is 1. The third-order valence-electron chi connectivity index (χ3n) is 7.15. The molecule has 3 aromatic rings. The van der Waals surface area contributed by atoms with Gasteiger partial charge in [0.05, 0.1) is 11.3 Å². The van der Waals surface area contributed by atoms with Gasteiger partial charge in [-0.2, -0.15) is 18.3 Å². The van der Waals surface area contributed by atoms with E-state index in [-0.39, 0.29) is 36.6 Å². The van der Waals surface area contributed by atoms with E-state index in [1.807, 2.05) is 32.0 Å². The highest BCUT2D eigenvalue weighted by molar-refractivity contribution is 6.00. The number of benzene rings is 2. The van der Waals surface area contributed by atoms with Crippen LogP contribution < -0.4 is 10.6 Å². The molecular formula is C29H31F3N4O3. The molecule has 1 aliphatic carbocycles. The van der Waals surface area contributed by atoms with E-state index in [4.69, 9.17) is 0 Å². The minimum absolute atomic E-state index is 0.0429. The highest BCUT2D eigenvalue weighted by atomic mass is 19.4. The number of hydrogen-bond acceptors (Lipinski definition) is 4. The van der Waals surface area contributed by atoms with Gasteiger partial charge in [0.1, 0.15) is 0 Å². The van der Waals surface area contributed by atoms with Gasteiger partial charge in [0.15, 0.2) is 11.5 Å². The second-order valence-electron chi connectivity index (χ2n) is 9.90. The van der Waals surface area contributed by atoms with Crippen molar-refractivity contribution < 1.29 is 27.6 Å². The largest absolute Gasteiger partial charge is 0.435 e. The lowest BCUT2D eigenvalue weighted by Crippen LogP contribution is -2.39. The Balaban J connectivity index is 1.27. The van der Waals surface area contributed by atoms with Crippen LogP contribution in [0.25, 0.3) is 5.69 Å². The van der Waals surface area contributed by atoms with Gasteiger partial charge < -0.3 is 10.6 Å². The van der Waals surface area contributed by atoms with Gasteiger partial charge in [0.2, 0.25) is 5.91 Å². The van der Waals surface area contributed by atoms with Crippen LogP contribution in [0.4, 0.5) is 13.2 Å². The van der Waals surface area contributed by atoms with Crippen LogP contribution in [0.1, 0.15) is 63.2 Å². The Labute approximate surface area is 224 Å². The Kier molecular flexibility index (Phi) is 8.52. The lowest BCUT2D eigenvalue weighted by Gasteiger charge is -2.27. The third-order valence-corrected chi connectivity index (χ3v) is 7.15. The summed E-state index contributed by atoms with van der Waals surface area (Å²) in [5.41, 5.74) is 1.20. The molecule has 0 atom stereocenters. The molecule has 1 aliphatic rings. The smallest absolute Gasteiger partial charge is 0.354 e. The van der Waals surface area contributed by atoms with E-state index in [1.54, 1.807) is 30.3 Å².